The Morgan fingerprint density at radius 2 is 1.23 bits per heavy atom. The van der Waals surface area contributed by atoms with Crippen LogP contribution in [0.2, 0.25) is 0 Å². The zero-order valence-electron chi connectivity index (χ0n) is 38.1. The molecule has 2 heterocycles. The number of aryl methyl sites for hydroxylation is 2. The first-order chi connectivity index (χ1) is 32.6. The van der Waals surface area contributed by atoms with Crippen molar-refractivity contribution in [1.82, 2.24) is 4.57 Å². The highest BCUT2D eigenvalue weighted by atomic mass is 15.1. The number of benzene rings is 8. The Labute approximate surface area is 390 Å². The molecule has 0 N–H and O–H groups in total. The lowest BCUT2D eigenvalue weighted by Crippen LogP contribution is -2.27. The summed E-state index contributed by atoms with van der Waals surface area (Å²) < 4.78 is 2.61. The summed E-state index contributed by atoms with van der Waals surface area (Å²) in [7, 11) is 0. The second-order valence-corrected chi connectivity index (χ2v) is 19.0. The van der Waals surface area contributed by atoms with E-state index in [1.807, 2.05) is 0 Å². The first-order valence-corrected chi connectivity index (χ1v) is 24.4. The van der Waals surface area contributed by atoms with Crippen molar-refractivity contribution in [3.05, 3.63) is 239 Å². The molecule has 0 amide bonds. The van der Waals surface area contributed by atoms with Gasteiger partial charge in [-0.3, -0.25) is 4.99 Å². The first kappa shape index (κ1) is 40.5. The van der Waals surface area contributed by atoms with Crippen LogP contribution in [0.5, 0.6) is 0 Å². The predicted molar refractivity (Wildman–Crippen MR) is 278 cm³/mol. The van der Waals surface area contributed by atoms with E-state index in [0.29, 0.717) is 0 Å². The fourth-order valence-corrected chi connectivity index (χ4v) is 12.4. The molecule has 1 aromatic heterocycles. The predicted octanol–water partition coefficient (Wildman–Crippen LogP) is 16.6. The van der Waals surface area contributed by atoms with Gasteiger partial charge < -0.3 is 4.57 Å². The number of nitrogens with zero attached hydrogens (tertiary/aromatic N) is 2. The minimum Gasteiger partial charge on any atom is -0.317 e. The Hall–Kier alpha value is -7.03. The van der Waals surface area contributed by atoms with Crippen LogP contribution in [0.25, 0.3) is 55.2 Å². The molecule has 2 nitrogen and oxygen atoms in total. The molecule has 2 heteroatoms. The van der Waals surface area contributed by atoms with Crippen molar-refractivity contribution < 1.29 is 0 Å². The van der Waals surface area contributed by atoms with Crippen molar-refractivity contribution in [1.29, 1.82) is 0 Å². The molecular weight excluding hydrogens is 797 g/mol. The van der Waals surface area contributed by atoms with Crippen molar-refractivity contribution >= 4 is 27.5 Å². The number of hydrogen-bond acceptors (Lipinski definition) is 1. The second kappa shape index (κ2) is 17.1. The molecule has 8 aromatic carbocycles. The summed E-state index contributed by atoms with van der Waals surface area (Å²) in [6, 6.07) is 72.8. The molecule has 0 fully saturated rings. The zero-order valence-corrected chi connectivity index (χ0v) is 38.1. The maximum absolute atomic E-state index is 6.06. The van der Waals surface area contributed by atoms with Gasteiger partial charge in [0.2, 0.25) is 0 Å². The molecule has 322 valence electrons. The van der Waals surface area contributed by atoms with Gasteiger partial charge in [0, 0.05) is 40.2 Å². The summed E-state index contributed by atoms with van der Waals surface area (Å²) in [5.41, 5.74) is 22.2. The van der Waals surface area contributed by atoms with Gasteiger partial charge in [-0.05, 0) is 117 Å². The minimum absolute atomic E-state index is 0.129. The highest BCUT2D eigenvalue weighted by Crippen LogP contribution is 2.56. The summed E-state index contributed by atoms with van der Waals surface area (Å²) in [4.78, 5) is 6.06. The van der Waals surface area contributed by atoms with Crippen LogP contribution >= 0.6 is 0 Å². The van der Waals surface area contributed by atoms with Crippen LogP contribution in [0, 0.1) is 11.8 Å². The van der Waals surface area contributed by atoms with E-state index in [1.165, 1.54) is 94.3 Å². The lowest BCUT2D eigenvalue weighted by molar-refractivity contribution is 0.365. The van der Waals surface area contributed by atoms with Gasteiger partial charge in [-0.2, -0.15) is 0 Å². The fraction of sp³-hybridized carbons (Fsp3) is 0.203. The first-order valence-electron chi connectivity index (χ1n) is 24.4. The Morgan fingerprint density at radius 3 is 1.98 bits per heavy atom. The molecule has 0 spiro atoms. The third-order valence-corrected chi connectivity index (χ3v) is 15.4. The molecule has 9 aromatic rings. The van der Waals surface area contributed by atoms with Gasteiger partial charge in [0.15, 0.2) is 0 Å². The van der Waals surface area contributed by atoms with Crippen molar-refractivity contribution in [3.8, 4) is 33.4 Å². The molecule has 0 radical (unpaired) electrons. The molecule has 5 unspecified atom stereocenters. The van der Waals surface area contributed by atoms with Crippen LogP contribution in [-0.4, -0.2) is 10.3 Å². The molecule has 12 rings (SSSR count). The van der Waals surface area contributed by atoms with E-state index in [-0.39, 0.29) is 29.8 Å². The number of aromatic nitrogens is 1. The third-order valence-electron chi connectivity index (χ3n) is 15.4. The number of aliphatic imine (C=N–C) groups is 1. The summed E-state index contributed by atoms with van der Waals surface area (Å²) in [5.74, 6) is 0.950. The molecule has 0 bridgehead atoms. The fourth-order valence-electron chi connectivity index (χ4n) is 12.4. The molecule has 66 heavy (non-hydrogen) atoms. The van der Waals surface area contributed by atoms with E-state index in [0.717, 1.165) is 38.5 Å². The van der Waals surface area contributed by atoms with Crippen molar-refractivity contribution in [2.45, 2.75) is 70.4 Å². The van der Waals surface area contributed by atoms with Crippen LogP contribution in [0.4, 0.5) is 0 Å². The quantitative estimate of drug-likeness (QED) is 0.136. The van der Waals surface area contributed by atoms with Gasteiger partial charge in [-0.25, -0.2) is 0 Å². The summed E-state index contributed by atoms with van der Waals surface area (Å²) in [6.45, 7) is 4.81. The summed E-state index contributed by atoms with van der Waals surface area (Å²) in [6.07, 6.45) is 8.68. The normalized spacial score (nSPS) is 21.6. The number of fused-ring (bicyclic) bond motifs is 10. The van der Waals surface area contributed by atoms with Crippen LogP contribution in [0.1, 0.15) is 90.9 Å². The molecule has 3 aliphatic rings. The molecule has 0 saturated carbocycles. The minimum atomic E-state index is -0.129. The van der Waals surface area contributed by atoms with E-state index < -0.39 is 0 Å². The second-order valence-electron chi connectivity index (χ2n) is 19.0. The number of rotatable bonds is 8. The van der Waals surface area contributed by atoms with Crippen molar-refractivity contribution in [3.63, 3.8) is 0 Å². The van der Waals surface area contributed by atoms with Gasteiger partial charge in [0.1, 0.15) is 6.17 Å². The summed E-state index contributed by atoms with van der Waals surface area (Å²) in [5, 5.41) is 2.59. The average molecular weight is 853 g/mol. The van der Waals surface area contributed by atoms with E-state index in [4.69, 9.17) is 4.99 Å². The Balaban J connectivity index is 1.03. The number of allylic oxidation sites excluding steroid dienone is 1. The Bertz CT molecular complexity index is 3260. The van der Waals surface area contributed by atoms with E-state index >= 15 is 0 Å². The van der Waals surface area contributed by atoms with Crippen LogP contribution in [0.3, 0.4) is 0 Å². The van der Waals surface area contributed by atoms with Crippen molar-refractivity contribution in [2.75, 3.05) is 0 Å². The highest BCUT2D eigenvalue weighted by Gasteiger charge is 2.39. The largest absolute Gasteiger partial charge is 0.317 e. The van der Waals surface area contributed by atoms with E-state index in [9.17, 15) is 0 Å². The van der Waals surface area contributed by atoms with Gasteiger partial charge >= 0.3 is 0 Å². The molecule has 1 aliphatic heterocycles. The van der Waals surface area contributed by atoms with Crippen LogP contribution in [0.15, 0.2) is 211 Å². The Morgan fingerprint density at radius 1 is 0.576 bits per heavy atom. The summed E-state index contributed by atoms with van der Waals surface area (Å²) >= 11 is 0. The van der Waals surface area contributed by atoms with E-state index in [2.05, 4.69) is 219 Å². The van der Waals surface area contributed by atoms with Gasteiger partial charge in [0.05, 0.1) is 11.0 Å². The van der Waals surface area contributed by atoms with Gasteiger partial charge in [-0.1, -0.05) is 207 Å². The van der Waals surface area contributed by atoms with Crippen molar-refractivity contribution in [2.24, 2.45) is 16.8 Å². The van der Waals surface area contributed by atoms with Gasteiger partial charge in [-0.15, -0.1) is 0 Å². The topological polar surface area (TPSA) is 17.3 Å². The monoisotopic (exact) mass is 852 g/mol. The third kappa shape index (κ3) is 6.89. The van der Waals surface area contributed by atoms with E-state index in [1.54, 1.807) is 5.57 Å². The highest BCUT2D eigenvalue weighted by molar-refractivity contribution is 6.08. The van der Waals surface area contributed by atoms with Crippen LogP contribution in [-0.2, 0) is 12.8 Å². The SMILES string of the molecule is CCC1/C(C2CCc3ccccc3-c3c2ccc2c3C(CCc3cccc(-c4ccccc4)c3)c3ccccc3-2)=C/CC(C)/C(c2ccccc2)=N\C1n1c2ccccc2c2ccccc21. The van der Waals surface area contributed by atoms with Crippen LogP contribution < -0.4 is 0 Å². The van der Waals surface area contributed by atoms with Gasteiger partial charge in [0.25, 0.3) is 0 Å². The lowest BCUT2D eigenvalue weighted by atomic mass is 9.74. The number of hydrogen-bond donors (Lipinski definition) is 0. The lowest BCUT2D eigenvalue weighted by Gasteiger charge is -2.36. The standard InChI is InChI=1S/C64H56N2/c1-3-48-52(36-33-42(2)63(46-23-8-5-9-24-46)65-64(48)66-59-31-16-14-29-54(59)55-30-15-17-32-60(55)66)53-38-35-45-22-10-11-26-49(45)61-58(53)40-39-57-51-28-13-12-27-50(51)56(62(57)61)37-34-43-19-18-25-47(41-43)44-20-6-4-7-21-44/h4-32,36,39-42,48,53,56,64H,3,33-35,37-38H2,1-2H3/b52-36-,65-63+. The number of para-hydroxylation sites is 2. The molecular formula is C64H56N2. The molecule has 2 aliphatic carbocycles. The average Bonchev–Trinajstić information content (AvgIpc) is 3.82. The Kier molecular flexibility index (Phi) is 10.5. The smallest absolute Gasteiger partial charge is 0.132 e. The molecule has 0 saturated heterocycles. The molecule has 5 atom stereocenters. The maximum Gasteiger partial charge on any atom is 0.132 e. The zero-order chi connectivity index (χ0) is 44.1. The maximum atomic E-state index is 6.06.